The molecule has 5 amide bonds. The van der Waals surface area contributed by atoms with Gasteiger partial charge in [-0.2, -0.15) is 0 Å². The van der Waals surface area contributed by atoms with Crippen molar-refractivity contribution in [3.63, 3.8) is 0 Å². The number of nitrogens with one attached hydrogen (secondary N) is 5. The Morgan fingerprint density at radius 2 is 1.10 bits per heavy atom. The summed E-state index contributed by atoms with van der Waals surface area (Å²) in [6.07, 6.45) is -29.3. The molecule has 552 valence electrons. The Morgan fingerprint density at radius 1 is 0.536 bits per heavy atom. The van der Waals surface area contributed by atoms with Crippen LogP contribution < -0.4 is 31.3 Å². The smallest absolute Gasteiger partial charge is 0.251 e. The zero-order valence-electron chi connectivity index (χ0n) is 54.4. The molecular formula is C61H97N5O31. The van der Waals surface area contributed by atoms with Crippen LogP contribution in [0, 0.1) is 0 Å². The van der Waals surface area contributed by atoms with Gasteiger partial charge in [0, 0.05) is 33.3 Å². The van der Waals surface area contributed by atoms with Crippen molar-refractivity contribution in [3.8, 4) is 5.75 Å². The number of epoxide rings is 1. The molecule has 6 heterocycles. The number of unbranched alkanes of at least 4 members (excludes halogenated alkanes) is 5. The number of hydrogen-bond acceptors (Lipinski definition) is 31. The highest BCUT2D eigenvalue weighted by molar-refractivity contribution is 5.94. The summed E-state index contributed by atoms with van der Waals surface area (Å²) in [7, 11) is 0. The van der Waals surface area contributed by atoms with Crippen molar-refractivity contribution >= 4 is 29.5 Å². The molecule has 6 aliphatic heterocycles. The lowest BCUT2D eigenvalue weighted by Gasteiger charge is -2.49. The topological polar surface area (TPSA) is 532 Å². The summed E-state index contributed by atoms with van der Waals surface area (Å²) in [6.45, 7) is 0.437. The molecule has 6 fully saturated rings. The van der Waals surface area contributed by atoms with E-state index in [0.717, 1.165) is 53.4 Å². The van der Waals surface area contributed by atoms with E-state index in [0.29, 0.717) is 18.8 Å². The first-order valence-electron chi connectivity index (χ1n) is 32.4. The van der Waals surface area contributed by atoms with Crippen LogP contribution in [0.1, 0.15) is 89.9 Å². The minimum atomic E-state index is -2.02. The molecule has 18 N–H and O–H groups in total. The van der Waals surface area contributed by atoms with Crippen molar-refractivity contribution in [3.05, 3.63) is 42.0 Å². The van der Waals surface area contributed by atoms with Crippen LogP contribution in [0.25, 0.3) is 0 Å². The molecule has 6 aliphatic rings. The summed E-state index contributed by atoms with van der Waals surface area (Å²) in [6, 6.07) is -0.604. The predicted molar refractivity (Wildman–Crippen MR) is 324 cm³/mol. The number of aliphatic hydroxyl groups is 13. The van der Waals surface area contributed by atoms with Gasteiger partial charge in [0.2, 0.25) is 23.6 Å². The highest BCUT2D eigenvalue weighted by Gasteiger charge is 2.59. The molecule has 0 saturated carbocycles. The first-order valence-corrected chi connectivity index (χ1v) is 32.4. The van der Waals surface area contributed by atoms with Crippen LogP contribution in [0.2, 0.25) is 0 Å². The van der Waals surface area contributed by atoms with Gasteiger partial charge in [-0.15, -0.1) is 0 Å². The average Bonchev–Trinajstić information content (AvgIpc) is 1.76. The number of carbonyl (C=O) groups excluding carboxylic acids is 5. The Bertz CT molecular complexity index is 2660. The first kappa shape index (κ1) is 79.4. The number of hydrogen-bond donors (Lipinski definition) is 18. The maximum absolute atomic E-state index is 13.9. The molecule has 36 nitrogen and oxygen atoms in total. The molecular weight excluding hydrogens is 1300 g/mol. The lowest BCUT2D eigenvalue weighted by molar-refractivity contribution is -0.351. The zero-order valence-corrected chi connectivity index (χ0v) is 54.4. The van der Waals surface area contributed by atoms with Crippen molar-refractivity contribution < 1.29 is 152 Å². The number of aliphatic hydroxyl groups excluding tert-OH is 13. The summed E-state index contributed by atoms with van der Waals surface area (Å²) in [4.78, 5) is 64.3. The molecule has 16 unspecified atom stereocenters. The standard InChI is InChI=1S/C61H97N5O31/c1-6-7-8-9-10-11-12-13-14-18-85-32-17-15-16-31(19-32)55(83)66-41-45(77)44(76)35(23-69)90-58(41)94-52-37(25-71)91-57(42(48(52)80)64-29(4)74)89-34(22-68)33(21-67)87-39(20-62-27(2)72)93-51-36(24-70)92-59(43(47(51)79)65-30(5)75)95-53-38(88-56(84)40(46(53)78)63-28(3)73)26-86-60-50(82)49(81)54-61(96-54)97-60/h11-12,15-17,19,33-54,56-61,67-71,76-82,84H,6-10,13-14,18,20-26H2,1-5H3,(H,62,72)(H,63,73)(H,64,74)(H,65,75)(H,66,83)/b12-11-/t33?,34-,35?,36?,37?,38?,39-,40?,41?,42?,43?,44+,45?,46?,47?,48?,49?,50?,51+,52+,53+,54-,56+,57+,58-,59-,60+,61?/m0/s1. The van der Waals surface area contributed by atoms with Crippen LogP contribution in [0.5, 0.6) is 5.75 Å². The zero-order chi connectivity index (χ0) is 70.8. The third-order valence-corrected chi connectivity index (χ3v) is 16.9. The molecule has 7 rings (SSSR count). The summed E-state index contributed by atoms with van der Waals surface area (Å²) in [5, 5.41) is 156. The van der Waals surface area contributed by atoms with Crippen LogP contribution in [-0.2, 0) is 76.0 Å². The highest BCUT2D eigenvalue weighted by atomic mass is 16.8. The monoisotopic (exact) mass is 1400 g/mol. The highest BCUT2D eigenvalue weighted by Crippen LogP contribution is 2.38. The van der Waals surface area contributed by atoms with Gasteiger partial charge in [-0.05, 0) is 43.9 Å². The Morgan fingerprint density at radius 3 is 1.72 bits per heavy atom. The maximum atomic E-state index is 13.9. The van der Waals surface area contributed by atoms with Gasteiger partial charge in [-0.1, -0.05) is 44.4 Å². The van der Waals surface area contributed by atoms with Crippen LogP contribution >= 0.6 is 0 Å². The summed E-state index contributed by atoms with van der Waals surface area (Å²) < 4.78 is 76.8. The molecule has 97 heavy (non-hydrogen) atoms. The third kappa shape index (κ3) is 21.6. The van der Waals surface area contributed by atoms with E-state index >= 15 is 0 Å². The van der Waals surface area contributed by atoms with Crippen molar-refractivity contribution in [1.29, 1.82) is 0 Å². The second kappa shape index (κ2) is 38.2. The molecule has 1 aromatic carbocycles. The minimum absolute atomic E-state index is 0.0511. The number of benzene rings is 1. The molecule has 0 spiro atoms. The lowest BCUT2D eigenvalue weighted by atomic mass is 9.94. The van der Waals surface area contributed by atoms with E-state index in [1.807, 2.05) is 0 Å². The van der Waals surface area contributed by atoms with Crippen LogP contribution in [0.15, 0.2) is 36.4 Å². The van der Waals surface area contributed by atoms with Gasteiger partial charge < -0.3 is 155 Å². The van der Waals surface area contributed by atoms with Crippen LogP contribution in [0.3, 0.4) is 0 Å². The van der Waals surface area contributed by atoms with E-state index in [-0.39, 0.29) is 5.56 Å². The largest absolute Gasteiger partial charge is 0.494 e. The molecule has 0 aromatic heterocycles. The molecule has 0 radical (unpaired) electrons. The Hall–Kier alpha value is -4.89. The van der Waals surface area contributed by atoms with E-state index in [1.165, 1.54) is 25.0 Å². The molecule has 0 aliphatic carbocycles. The van der Waals surface area contributed by atoms with Crippen molar-refractivity contribution in [2.75, 3.05) is 52.8 Å². The molecule has 1 aromatic rings. The Balaban J connectivity index is 1.05. The number of allylic oxidation sites excluding steroid dienone is 2. The van der Waals surface area contributed by atoms with E-state index in [2.05, 4.69) is 45.7 Å². The van der Waals surface area contributed by atoms with Crippen LogP contribution in [0.4, 0.5) is 0 Å². The number of rotatable bonds is 36. The fourth-order valence-corrected chi connectivity index (χ4v) is 11.8. The third-order valence-electron chi connectivity index (χ3n) is 16.9. The number of amides is 5. The number of ether oxygens (including phenoxy) is 13. The molecule has 36 heteroatoms. The number of fused-ring (bicyclic) bond motifs is 1. The SMILES string of the molecule is CCCCCC/C=C\CCCOc1cccc(C(=O)NC2C(O)[C@H](O)C(CO)O[C@H]2O[C@@H]2C(CO)O[C@@H](O[C@@H](CO)C(CO)O[C@H](CNC(C)=O)O[C@@H]3C(CO)O[C@@H](O[C@@H]4C(CO[C@@H]5OC6O[C@H]6C(O)C5O)O[C@@H](O)C(NC(C)=O)C4O)C(NC(C)=O)C3O)C(NC(C)=O)C2O)c1. The summed E-state index contributed by atoms with van der Waals surface area (Å²) in [5.41, 5.74) is 0.0511. The summed E-state index contributed by atoms with van der Waals surface area (Å²) in [5.74, 6) is -3.49. The fraction of sp³-hybridized carbons (Fsp3) is 0.787. The Labute approximate surface area is 558 Å². The minimum Gasteiger partial charge on any atom is -0.494 e. The normalized spacial score (nSPS) is 36.7. The maximum Gasteiger partial charge on any atom is 0.251 e. The predicted octanol–water partition coefficient (Wildman–Crippen LogP) is -7.15. The van der Waals surface area contributed by atoms with E-state index < -0.39 is 248 Å². The van der Waals surface area contributed by atoms with E-state index in [4.69, 9.17) is 61.6 Å². The van der Waals surface area contributed by atoms with Crippen molar-refractivity contribution in [1.82, 2.24) is 26.6 Å². The van der Waals surface area contributed by atoms with Crippen LogP contribution in [-0.4, -0.2) is 321 Å². The van der Waals surface area contributed by atoms with Gasteiger partial charge in [-0.25, -0.2) is 0 Å². The fourth-order valence-electron chi connectivity index (χ4n) is 11.8. The second-order valence-electron chi connectivity index (χ2n) is 24.4. The van der Waals surface area contributed by atoms with E-state index in [1.54, 1.807) is 12.1 Å². The lowest BCUT2D eigenvalue weighted by Crippen LogP contribution is -2.70. The molecule has 28 atom stereocenters. The first-order chi connectivity index (χ1) is 46.4. The van der Waals surface area contributed by atoms with Crippen molar-refractivity contribution in [2.45, 2.75) is 252 Å². The summed E-state index contributed by atoms with van der Waals surface area (Å²) >= 11 is 0. The van der Waals surface area contributed by atoms with Gasteiger partial charge in [-0.3, -0.25) is 24.0 Å². The van der Waals surface area contributed by atoms with Gasteiger partial charge in [0.25, 0.3) is 5.91 Å². The number of carbonyl (C=O) groups is 5. The van der Waals surface area contributed by atoms with Gasteiger partial charge in [0.1, 0.15) is 134 Å². The van der Waals surface area contributed by atoms with Gasteiger partial charge in [0.05, 0.1) is 52.8 Å². The van der Waals surface area contributed by atoms with Crippen molar-refractivity contribution in [2.24, 2.45) is 0 Å². The average molecular weight is 1400 g/mol. The van der Waals surface area contributed by atoms with Gasteiger partial charge in [0.15, 0.2) is 44.0 Å². The second-order valence-corrected chi connectivity index (χ2v) is 24.4. The van der Waals surface area contributed by atoms with E-state index in [9.17, 15) is 90.4 Å². The molecule has 6 saturated heterocycles. The molecule has 0 bridgehead atoms. The Kier molecular flexibility index (Phi) is 31.3. The quantitative estimate of drug-likeness (QED) is 0.0128. The van der Waals surface area contributed by atoms with Gasteiger partial charge >= 0.3 is 0 Å².